The van der Waals surface area contributed by atoms with Crippen LogP contribution in [0.15, 0.2) is 30.3 Å². The number of ether oxygens (including phenoxy) is 1. The highest BCUT2D eigenvalue weighted by Gasteiger charge is 2.17. The second kappa shape index (κ2) is 7.87. The first-order chi connectivity index (χ1) is 8.67. The predicted octanol–water partition coefficient (Wildman–Crippen LogP) is 1.97. The highest BCUT2D eigenvalue weighted by Crippen LogP contribution is 2.07. The molecule has 0 spiro atoms. The topological polar surface area (TPSA) is 46.6 Å². The summed E-state index contributed by atoms with van der Waals surface area (Å²) in [5.74, 6) is -0.477. The van der Waals surface area contributed by atoms with Gasteiger partial charge in [0.05, 0.1) is 7.11 Å². The monoisotopic (exact) mass is 313 g/mol. The molecule has 0 saturated heterocycles. The van der Waals surface area contributed by atoms with Gasteiger partial charge in [-0.15, -0.1) is 0 Å². The van der Waals surface area contributed by atoms with E-state index < -0.39 is 5.97 Å². The minimum Gasteiger partial charge on any atom is -0.468 e. The lowest BCUT2D eigenvalue weighted by Gasteiger charge is -2.21. The fourth-order valence-corrected chi connectivity index (χ4v) is 1.83. The molecule has 0 aliphatic heterocycles. The van der Waals surface area contributed by atoms with Gasteiger partial charge in [-0.3, -0.25) is 9.59 Å². The van der Waals surface area contributed by atoms with Crippen LogP contribution < -0.4 is 0 Å². The van der Waals surface area contributed by atoms with Gasteiger partial charge in [-0.05, 0) is 5.56 Å². The van der Waals surface area contributed by atoms with Crippen LogP contribution in [-0.2, 0) is 20.9 Å². The second-order valence-electron chi connectivity index (χ2n) is 3.75. The van der Waals surface area contributed by atoms with E-state index in [2.05, 4.69) is 20.7 Å². The Morgan fingerprint density at radius 3 is 2.50 bits per heavy atom. The zero-order valence-electron chi connectivity index (χ0n) is 10.3. The Balaban J connectivity index is 2.71. The Bertz CT molecular complexity index is 394. The van der Waals surface area contributed by atoms with Crippen LogP contribution in [0.5, 0.6) is 0 Å². The maximum atomic E-state index is 11.9. The summed E-state index contributed by atoms with van der Waals surface area (Å²) in [6, 6.07) is 9.56. The van der Waals surface area contributed by atoms with E-state index in [9.17, 15) is 9.59 Å². The van der Waals surface area contributed by atoms with Crippen molar-refractivity contribution in [3.05, 3.63) is 35.9 Å². The van der Waals surface area contributed by atoms with Gasteiger partial charge in [0.15, 0.2) is 0 Å². The highest BCUT2D eigenvalue weighted by atomic mass is 79.9. The minimum absolute atomic E-state index is 0.0166. The average molecular weight is 314 g/mol. The molecule has 4 nitrogen and oxygen atoms in total. The van der Waals surface area contributed by atoms with Gasteiger partial charge in [-0.2, -0.15) is 0 Å². The molecule has 1 amide bonds. The molecule has 98 valence electrons. The number of nitrogens with zero attached hydrogens (tertiary/aromatic N) is 1. The van der Waals surface area contributed by atoms with Gasteiger partial charge in [-0.25, -0.2) is 0 Å². The van der Waals surface area contributed by atoms with Crippen LogP contribution in [0.25, 0.3) is 0 Å². The summed E-state index contributed by atoms with van der Waals surface area (Å²) < 4.78 is 4.60. The Morgan fingerprint density at radius 2 is 1.94 bits per heavy atom. The lowest BCUT2D eigenvalue weighted by molar-refractivity contribution is -0.147. The Morgan fingerprint density at radius 1 is 1.28 bits per heavy atom. The summed E-state index contributed by atoms with van der Waals surface area (Å²) >= 11 is 3.22. The van der Waals surface area contributed by atoms with Crippen LogP contribution in [0.3, 0.4) is 0 Å². The highest BCUT2D eigenvalue weighted by molar-refractivity contribution is 9.09. The molecule has 5 heteroatoms. The zero-order valence-corrected chi connectivity index (χ0v) is 11.9. The van der Waals surface area contributed by atoms with Crippen LogP contribution >= 0.6 is 15.9 Å². The van der Waals surface area contributed by atoms with Crippen molar-refractivity contribution in [1.29, 1.82) is 0 Å². The number of amides is 1. The number of methoxy groups -OCH3 is 1. The van der Waals surface area contributed by atoms with E-state index in [1.807, 2.05) is 30.3 Å². The summed E-state index contributed by atoms with van der Waals surface area (Å²) in [6.07, 6.45) is 0.365. The van der Waals surface area contributed by atoms with Gasteiger partial charge in [0.2, 0.25) is 5.91 Å². The van der Waals surface area contributed by atoms with Gasteiger partial charge in [0.25, 0.3) is 0 Å². The molecule has 0 heterocycles. The number of carbonyl (C=O) groups excluding carboxylic acids is 2. The number of benzene rings is 1. The Labute approximate surface area is 115 Å². The molecule has 0 N–H and O–H groups in total. The maximum absolute atomic E-state index is 11.9. The van der Waals surface area contributed by atoms with Gasteiger partial charge in [0.1, 0.15) is 6.54 Å². The van der Waals surface area contributed by atoms with Crippen molar-refractivity contribution < 1.29 is 14.3 Å². The summed E-state index contributed by atoms with van der Waals surface area (Å²) in [6.45, 7) is 0.402. The fraction of sp³-hybridized carbons (Fsp3) is 0.385. The first-order valence-corrected chi connectivity index (χ1v) is 6.74. The molecule has 0 radical (unpaired) electrons. The lowest BCUT2D eigenvalue weighted by Crippen LogP contribution is -2.35. The van der Waals surface area contributed by atoms with Crippen molar-refractivity contribution in [3.63, 3.8) is 0 Å². The van der Waals surface area contributed by atoms with E-state index in [4.69, 9.17) is 0 Å². The van der Waals surface area contributed by atoms with Gasteiger partial charge < -0.3 is 9.64 Å². The number of carbonyl (C=O) groups is 2. The van der Waals surface area contributed by atoms with Crippen LogP contribution in [0.2, 0.25) is 0 Å². The van der Waals surface area contributed by atoms with Crippen molar-refractivity contribution in [1.82, 2.24) is 4.90 Å². The van der Waals surface area contributed by atoms with Gasteiger partial charge in [0, 0.05) is 18.3 Å². The third-order valence-corrected chi connectivity index (χ3v) is 2.82. The van der Waals surface area contributed by atoms with E-state index >= 15 is 0 Å². The van der Waals surface area contributed by atoms with Crippen molar-refractivity contribution in [2.24, 2.45) is 0 Å². The van der Waals surface area contributed by atoms with Crippen LogP contribution in [-0.4, -0.2) is 35.8 Å². The zero-order chi connectivity index (χ0) is 13.4. The van der Waals surface area contributed by atoms with E-state index in [0.29, 0.717) is 18.3 Å². The molecule has 0 aromatic heterocycles. The van der Waals surface area contributed by atoms with Crippen molar-refractivity contribution in [2.75, 3.05) is 19.0 Å². The first-order valence-electron chi connectivity index (χ1n) is 5.62. The number of alkyl halides is 1. The summed E-state index contributed by atoms with van der Waals surface area (Å²) in [7, 11) is 1.32. The third kappa shape index (κ3) is 4.87. The van der Waals surface area contributed by atoms with E-state index in [1.165, 1.54) is 12.0 Å². The number of rotatable bonds is 6. The van der Waals surface area contributed by atoms with E-state index in [0.717, 1.165) is 5.56 Å². The predicted molar refractivity (Wildman–Crippen MR) is 72.3 cm³/mol. The molecule has 0 aliphatic carbocycles. The largest absolute Gasteiger partial charge is 0.468 e. The van der Waals surface area contributed by atoms with Gasteiger partial charge >= 0.3 is 5.97 Å². The van der Waals surface area contributed by atoms with Crippen LogP contribution in [0, 0.1) is 0 Å². The lowest BCUT2D eigenvalue weighted by atomic mass is 10.2. The quantitative estimate of drug-likeness (QED) is 0.596. The molecule has 0 atom stereocenters. The van der Waals surface area contributed by atoms with E-state index in [-0.39, 0.29) is 12.5 Å². The standard InChI is InChI=1S/C13H16BrNO3/c1-18-13(17)10-15(12(16)7-8-14)9-11-5-3-2-4-6-11/h2-6H,7-10H2,1H3. The molecule has 0 fully saturated rings. The third-order valence-electron chi connectivity index (χ3n) is 2.42. The molecule has 0 aliphatic rings. The molecule has 1 rings (SSSR count). The fourth-order valence-electron chi connectivity index (χ4n) is 1.50. The first kappa shape index (κ1) is 14.7. The Hall–Kier alpha value is -1.36. The van der Waals surface area contributed by atoms with Crippen molar-refractivity contribution >= 4 is 27.8 Å². The summed E-state index contributed by atoms with van der Waals surface area (Å²) in [5, 5.41) is 0.582. The molecule has 1 aromatic carbocycles. The molecule has 0 saturated carbocycles. The second-order valence-corrected chi connectivity index (χ2v) is 4.54. The minimum atomic E-state index is -0.408. The molecule has 0 bridgehead atoms. The molecular formula is C13H16BrNO3. The van der Waals surface area contributed by atoms with E-state index in [1.54, 1.807) is 0 Å². The number of hydrogen-bond acceptors (Lipinski definition) is 3. The van der Waals surface area contributed by atoms with Crippen LogP contribution in [0.1, 0.15) is 12.0 Å². The smallest absolute Gasteiger partial charge is 0.325 e. The van der Waals surface area contributed by atoms with Crippen molar-refractivity contribution in [3.8, 4) is 0 Å². The van der Waals surface area contributed by atoms with Crippen LogP contribution in [0.4, 0.5) is 0 Å². The molecule has 18 heavy (non-hydrogen) atoms. The summed E-state index contributed by atoms with van der Waals surface area (Å²) in [4.78, 5) is 24.7. The molecule has 1 aromatic rings. The summed E-state index contributed by atoms with van der Waals surface area (Å²) in [5.41, 5.74) is 0.990. The van der Waals surface area contributed by atoms with Crippen molar-refractivity contribution in [2.45, 2.75) is 13.0 Å². The molecule has 0 unspecified atom stereocenters. The molecular weight excluding hydrogens is 298 g/mol. The number of esters is 1. The average Bonchev–Trinajstić information content (AvgIpc) is 2.39. The SMILES string of the molecule is COC(=O)CN(Cc1ccccc1)C(=O)CCBr. The maximum Gasteiger partial charge on any atom is 0.325 e. The normalized spacial score (nSPS) is 9.89. The Kier molecular flexibility index (Phi) is 6.43. The number of hydrogen-bond donors (Lipinski definition) is 0. The van der Waals surface area contributed by atoms with Gasteiger partial charge in [-0.1, -0.05) is 46.3 Å². The number of halogens is 1.